The topological polar surface area (TPSA) is 72.8 Å². The summed E-state index contributed by atoms with van der Waals surface area (Å²) in [5.74, 6) is -0.841. The van der Waals surface area contributed by atoms with Crippen LogP contribution in [0.1, 0.15) is 98.2 Å². The fraction of sp³-hybridized carbons (Fsp3) is 0.875. The van der Waals surface area contributed by atoms with Crippen molar-refractivity contribution in [1.29, 1.82) is 0 Å². The van der Waals surface area contributed by atoms with Gasteiger partial charge in [0.1, 0.15) is 0 Å². The van der Waals surface area contributed by atoms with Crippen molar-refractivity contribution in [3.8, 4) is 0 Å². The maximum atomic E-state index is 10.7. The number of hydrogen-bond donors (Lipinski definition) is 3. The average molecular weight is 453 g/mol. The van der Waals surface area contributed by atoms with Crippen molar-refractivity contribution in [2.24, 2.45) is 0 Å². The predicted octanol–water partition coefficient (Wildman–Crippen LogP) is 2.11. The van der Waals surface area contributed by atoms with Gasteiger partial charge in [0.25, 0.3) is 0 Å². The fourth-order valence-electron chi connectivity index (χ4n) is 3.46. The molecule has 3 N–H and O–H groups in total. The first-order valence-electron chi connectivity index (χ1n) is 12.1. The standard InChI is InChI=1S/C24H48N2O3.K.H/c1-2-3-4-5-6-7-8-9-10-11-12-13-14-15-16-17-18-25-19-20-26(21-22-27)23-24(28)29;;/h9-10,25,27H,2-8,11-23H2,1H3,(H,28,29);;/q;+1;-1/b10-9-;;. The number of nitrogens with one attached hydrogen (secondary N) is 1. The van der Waals surface area contributed by atoms with Crippen molar-refractivity contribution in [1.82, 2.24) is 10.2 Å². The first-order chi connectivity index (χ1) is 14.2. The Labute approximate surface area is 230 Å². The Bertz CT molecular complexity index is 388. The quantitative estimate of drug-likeness (QED) is 0.126. The van der Waals surface area contributed by atoms with Gasteiger partial charge in [-0.1, -0.05) is 76.9 Å². The van der Waals surface area contributed by atoms with Crippen LogP contribution in [0.5, 0.6) is 0 Å². The summed E-state index contributed by atoms with van der Waals surface area (Å²) in [7, 11) is 0. The third-order valence-electron chi connectivity index (χ3n) is 5.25. The maximum Gasteiger partial charge on any atom is 1.00 e. The van der Waals surface area contributed by atoms with Crippen LogP contribution in [0.2, 0.25) is 0 Å². The first-order valence-corrected chi connectivity index (χ1v) is 12.1. The normalized spacial score (nSPS) is 11.3. The molecule has 0 aliphatic heterocycles. The Morgan fingerprint density at radius 3 is 1.90 bits per heavy atom. The van der Waals surface area contributed by atoms with Gasteiger partial charge in [-0.3, -0.25) is 9.69 Å². The smallest absolute Gasteiger partial charge is 1.00 e. The summed E-state index contributed by atoms with van der Waals surface area (Å²) in [6.45, 7) is 5.11. The van der Waals surface area contributed by atoms with Crippen LogP contribution in [-0.4, -0.2) is 60.4 Å². The summed E-state index contributed by atoms with van der Waals surface area (Å²) in [5.41, 5.74) is 0. The van der Waals surface area contributed by atoms with Crippen LogP contribution in [0.15, 0.2) is 12.2 Å². The fourth-order valence-corrected chi connectivity index (χ4v) is 3.46. The van der Waals surface area contributed by atoms with Crippen LogP contribution in [0, 0.1) is 0 Å². The number of carboxylic acids is 1. The largest absolute Gasteiger partial charge is 1.00 e. The molecule has 0 saturated heterocycles. The van der Waals surface area contributed by atoms with E-state index in [1.54, 1.807) is 4.90 Å². The van der Waals surface area contributed by atoms with Crippen LogP contribution in [-0.2, 0) is 4.79 Å². The van der Waals surface area contributed by atoms with Crippen LogP contribution in [0.3, 0.4) is 0 Å². The van der Waals surface area contributed by atoms with Crippen molar-refractivity contribution in [3.05, 3.63) is 12.2 Å². The number of nitrogens with zero attached hydrogens (tertiary/aromatic N) is 1. The molecular weight excluding hydrogens is 403 g/mol. The van der Waals surface area contributed by atoms with Gasteiger partial charge >= 0.3 is 57.4 Å². The van der Waals surface area contributed by atoms with Gasteiger partial charge in [0.15, 0.2) is 0 Å². The number of unbranched alkanes of at least 4 members (excludes halogenated alkanes) is 12. The molecule has 0 radical (unpaired) electrons. The molecule has 0 aliphatic rings. The second kappa shape index (κ2) is 27.8. The number of aliphatic hydroxyl groups is 1. The van der Waals surface area contributed by atoms with Crippen LogP contribution in [0.4, 0.5) is 0 Å². The van der Waals surface area contributed by atoms with Crippen LogP contribution >= 0.6 is 0 Å². The minimum Gasteiger partial charge on any atom is -1.00 e. The Balaban J connectivity index is -0.00000392. The van der Waals surface area contributed by atoms with Gasteiger partial charge in [-0.15, -0.1) is 0 Å². The van der Waals surface area contributed by atoms with Crippen molar-refractivity contribution < 1.29 is 67.8 Å². The molecule has 0 bridgehead atoms. The molecular formula is C24H49KN2O3. The molecule has 0 amide bonds. The van der Waals surface area contributed by atoms with Crippen LogP contribution < -0.4 is 56.7 Å². The van der Waals surface area contributed by atoms with Crippen LogP contribution in [0.25, 0.3) is 0 Å². The second-order valence-corrected chi connectivity index (χ2v) is 8.08. The number of hydrogen-bond acceptors (Lipinski definition) is 4. The van der Waals surface area contributed by atoms with E-state index in [0.29, 0.717) is 13.1 Å². The van der Waals surface area contributed by atoms with E-state index < -0.39 is 5.97 Å². The van der Waals surface area contributed by atoms with E-state index in [1.165, 1.54) is 89.9 Å². The number of rotatable bonds is 23. The van der Waals surface area contributed by atoms with Gasteiger partial charge < -0.3 is 17.0 Å². The first kappa shape index (κ1) is 32.9. The number of allylic oxidation sites excluding steroid dienone is 2. The number of aliphatic hydroxyl groups excluding tert-OH is 1. The Morgan fingerprint density at radius 1 is 0.833 bits per heavy atom. The molecule has 174 valence electrons. The molecule has 30 heavy (non-hydrogen) atoms. The zero-order chi connectivity index (χ0) is 21.4. The Morgan fingerprint density at radius 2 is 1.37 bits per heavy atom. The van der Waals surface area contributed by atoms with Gasteiger partial charge in [0.2, 0.25) is 0 Å². The van der Waals surface area contributed by atoms with Gasteiger partial charge in [-0.05, 0) is 38.6 Å². The molecule has 0 aromatic heterocycles. The van der Waals surface area contributed by atoms with Crippen molar-refractivity contribution in [2.45, 2.75) is 96.8 Å². The molecule has 0 atom stereocenters. The zero-order valence-corrected chi connectivity index (χ0v) is 23.2. The minimum absolute atomic E-state index is 0. The summed E-state index contributed by atoms with van der Waals surface area (Å²) in [6, 6.07) is 0. The van der Waals surface area contributed by atoms with Gasteiger partial charge in [0, 0.05) is 19.6 Å². The van der Waals surface area contributed by atoms with Crippen molar-refractivity contribution >= 4 is 5.97 Å². The summed E-state index contributed by atoms with van der Waals surface area (Å²) < 4.78 is 0. The number of carbonyl (C=O) groups is 1. The molecule has 0 aliphatic carbocycles. The SMILES string of the molecule is CCCCCCCC/C=C\CCCCCCCCNCCN(CCO)CC(=O)O.[H-].[K+]. The molecule has 6 heteroatoms. The van der Waals surface area contributed by atoms with E-state index in [2.05, 4.69) is 24.4 Å². The minimum atomic E-state index is -0.841. The molecule has 0 heterocycles. The third-order valence-corrected chi connectivity index (χ3v) is 5.25. The third kappa shape index (κ3) is 26.8. The molecule has 0 spiro atoms. The summed E-state index contributed by atoms with van der Waals surface area (Å²) in [6.07, 6.45) is 23.3. The Hall–Kier alpha value is 0.726. The molecule has 5 nitrogen and oxygen atoms in total. The molecule has 0 saturated carbocycles. The van der Waals surface area contributed by atoms with Gasteiger partial charge in [-0.2, -0.15) is 0 Å². The molecule has 0 unspecified atom stereocenters. The number of aliphatic carboxylic acids is 1. The molecule has 0 aromatic carbocycles. The van der Waals surface area contributed by atoms with E-state index in [1.807, 2.05) is 0 Å². The van der Waals surface area contributed by atoms with Crippen molar-refractivity contribution in [2.75, 3.05) is 39.3 Å². The Kier molecular flexibility index (Phi) is 30.4. The molecule has 0 aromatic rings. The van der Waals surface area contributed by atoms with E-state index >= 15 is 0 Å². The van der Waals surface area contributed by atoms with E-state index in [9.17, 15) is 4.79 Å². The predicted molar refractivity (Wildman–Crippen MR) is 125 cm³/mol. The summed E-state index contributed by atoms with van der Waals surface area (Å²) in [4.78, 5) is 12.5. The van der Waals surface area contributed by atoms with E-state index in [4.69, 9.17) is 10.2 Å². The summed E-state index contributed by atoms with van der Waals surface area (Å²) in [5, 5.41) is 21.1. The molecule has 0 fully saturated rings. The molecule has 0 rings (SSSR count). The second-order valence-electron chi connectivity index (χ2n) is 8.08. The summed E-state index contributed by atoms with van der Waals surface area (Å²) >= 11 is 0. The van der Waals surface area contributed by atoms with E-state index in [0.717, 1.165) is 13.1 Å². The van der Waals surface area contributed by atoms with Gasteiger partial charge in [0.05, 0.1) is 13.2 Å². The maximum absolute atomic E-state index is 10.7. The zero-order valence-electron chi connectivity index (χ0n) is 21.0. The van der Waals surface area contributed by atoms with Crippen molar-refractivity contribution in [3.63, 3.8) is 0 Å². The average Bonchev–Trinajstić information content (AvgIpc) is 2.69. The monoisotopic (exact) mass is 452 g/mol. The van der Waals surface area contributed by atoms with Gasteiger partial charge in [-0.25, -0.2) is 0 Å². The number of carboxylic acid groups (broad SMARTS) is 1. The van der Waals surface area contributed by atoms with E-state index in [-0.39, 0.29) is 66.0 Å².